The Labute approximate surface area is 179 Å². The van der Waals surface area contributed by atoms with Gasteiger partial charge in [-0.25, -0.2) is 9.78 Å². The van der Waals surface area contributed by atoms with Crippen molar-refractivity contribution in [1.29, 1.82) is 0 Å². The highest BCUT2D eigenvalue weighted by molar-refractivity contribution is 6.10. The predicted octanol–water partition coefficient (Wildman–Crippen LogP) is 1.52. The third-order valence-electron chi connectivity index (χ3n) is 4.82. The molecule has 2 heterocycles. The maximum atomic E-state index is 13.0. The molecule has 1 atom stereocenters. The summed E-state index contributed by atoms with van der Waals surface area (Å²) in [5.41, 5.74) is -0.379. The first-order chi connectivity index (χ1) is 14.9. The van der Waals surface area contributed by atoms with Crippen LogP contribution in [0, 0.1) is 0 Å². The van der Waals surface area contributed by atoms with Gasteiger partial charge in [0.05, 0.1) is 13.7 Å². The van der Waals surface area contributed by atoms with Crippen molar-refractivity contribution in [1.82, 2.24) is 15.2 Å². The van der Waals surface area contributed by atoms with Crippen LogP contribution in [0.5, 0.6) is 11.6 Å². The van der Waals surface area contributed by atoms with Crippen LogP contribution in [0.25, 0.3) is 0 Å². The first kappa shape index (κ1) is 22.0. The summed E-state index contributed by atoms with van der Waals surface area (Å²) in [6.45, 7) is 1.75. The Morgan fingerprint density at radius 1 is 1.16 bits per heavy atom. The normalized spacial score (nSPS) is 18.0. The highest BCUT2D eigenvalue weighted by atomic mass is 16.5. The van der Waals surface area contributed by atoms with Crippen molar-refractivity contribution in [3.05, 3.63) is 48.2 Å². The van der Waals surface area contributed by atoms with Crippen LogP contribution in [0.4, 0.5) is 10.5 Å². The fourth-order valence-electron chi connectivity index (χ4n) is 3.12. The molecule has 3 rings (SSSR count). The Bertz CT molecular complexity index is 965. The van der Waals surface area contributed by atoms with Crippen LogP contribution in [0.1, 0.15) is 12.5 Å². The molecule has 10 nitrogen and oxygen atoms in total. The maximum Gasteiger partial charge on any atom is 0.325 e. The predicted molar refractivity (Wildman–Crippen MR) is 111 cm³/mol. The number of carbonyl (C=O) groups is 3. The lowest BCUT2D eigenvalue weighted by atomic mass is 9.92. The van der Waals surface area contributed by atoms with Crippen molar-refractivity contribution >= 4 is 23.5 Å². The molecule has 1 fully saturated rings. The number of nitrogens with zero attached hydrogens (tertiary/aromatic N) is 2. The molecule has 10 heteroatoms. The van der Waals surface area contributed by atoms with Gasteiger partial charge in [0.15, 0.2) is 0 Å². The number of anilines is 1. The molecule has 0 saturated carbocycles. The number of nitrogens with one attached hydrogen (secondary N) is 2. The van der Waals surface area contributed by atoms with Gasteiger partial charge in [0.25, 0.3) is 5.91 Å². The topological polar surface area (TPSA) is 119 Å². The SMILES string of the molecule is COCCOc1ncccc1NC(=O)CN1C(=O)NC(C)(c2ccc(OC)cc2)C1=O. The van der Waals surface area contributed by atoms with Crippen molar-refractivity contribution in [2.45, 2.75) is 12.5 Å². The molecule has 0 bridgehead atoms. The van der Waals surface area contributed by atoms with Crippen LogP contribution in [0.3, 0.4) is 0 Å². The number of amides is 4. The van der Waals surface area contributed by atoms with Crippen molar-refractivity contribution in [2.24, 2.45) is 0 Å². The minimum atomic E-state index is -1.29. The summed E-state index contributed by atoms with van der Waals surface area (Å²) in [5, 5.41) is 5.29. The van der Waals surface area contributed by atoms with Gasteiger partial charge in [0, 0.05) is 13.3 Å². The fourth-order valence-corrected chi connectivity index (χ4v) is 3.12. The molecule has 1 saturated heterocycles. The van der Waals surface area contributed by atoms with E-state index in [1.807, 2.05) is 0 Å². The van der Waals surface area contributed by atoms with Crippen molar-refractivity contribution in [3.8, 4) is 11.6 Å². The van der Waals surface area contributed by atoms with Crippen molar-refractivity contribution in [2.75, 3.05) is 39.3 Å². The molecule has 31 heavy (non-hydrogen) atoms. The van der Waals surface area contributed by atoms with E-state index in [-0.39, 0.29) is 12.5 Å². The molecule has 0 radical (unpaired) electrons. The highest BCUT2D eigenvalue weighted by Gasteiger charge is 2.49. The zero-order valence-corrected chi connectivity index (χ0v) is 17.5. The van der Waals surface area contributed by atoms with E-state index in [0.717, 1.165) is 4.90 Å². The van der Waals surface area contributed by atoms with Crippen molar-refractivity contribution < 1.29 is 28.6 Å². The minimum absolute atomic E-state index is 0.216. The number of hydrogen-bond donors (Lipinski definition) is 2. The van der Waals surface area contributed by atoms with Gasteiger partial charge in [-0.1, -0.05) is 12.1 Å². The van der Waals surface area contributed by atoms with E-state index in [2.05, 4.69) is 15.6 Å². The van der Waals surface area contributed by atoms with Gasteiger partial charge in [-0.15, -0.1) is 0 Å². The molecule has 0 spiro atoms. The number of benzene rings is 1. The number of hydrogen-bond acceptors (Lipinski definition) is 7. The number of rotatable bonds is 9. The fraction of sp³-hybridized carbons (Fsp3) is 0.333. The van der Waals surface area contributed by atoms with Gasteiger partial charge >= 0.3 is 6.03 Å². The van der Waals surface area contributed by atoms with Gasteiger partial charge in [0.1, 0.15) is 30.1 Å². The summed E-state index contributed by atoms with van der Waals surface area (Å²) < 4.78 is 15.5. The molecule has 2 aromatic rings. The lowest BCUT2D eigenvalue weighted by Gasteiger charge is -2.22. The van der Waals surface area contributed by atoms with E-state index < -0.39 is 29.9 Å². The highest BCUT2D eigenvalue weighted by Crippen LogP contribution is 2.30. The molecule has 0 aliphatic carbocycles. The summed E-state index contributed by atoms with van der Waals surface area (Å²) in [6.07, 6.45) is 1.52. The van der Waals surface area contributed by atoms with Crippen LogP contribution < -0.4 is 20.1 Å². The number of urea groups is 1. The Balaban J connectivity index is 1.69. The largest absolute Gasteiger partial charge is 0.497 e. The summed E-state index contributed by atoms with van der Waals surface area (Å²) >= 11 is 0. The zero-order valence-electron chi connectivity index (χ0n) is 17.5. The maximum absolute atomic E-state index is 13.0. The standard InChI is InChI=1S/C21H24N4O6/c1-21(14-6-8-15(30-3)9-7-14)19(27)25(20(28)24-21)13-17(26)23-16-5-4-10-22-18(16)31-12-11-29-2/h4-10H,11-13H2,1-3H3,(H,23,26)(H,24,28). The van der Waals surface area contributed by atoms with Gasteiger partial charge < -0.3 is 24.8 Å². The van der Waals surface area contributed by atoms with E-state index in [9.17, 15) is 14.4 Å². The van der Waals surface area contributed by atoms with E-state index in [0.29, 0.717) is 23.6 Å². The quantitative estimate of drug-likeness (QED) is 0.459. The van der Waals surface area contributed by atoms with E-state index >= 15 is 0 Å². The number of methoxy groups -OCH3 is 2. The number of imide groups is 1. The van der Waals surface area contributed by atoms with Crippen LogP contribution in [-0.4, -0.2) is 61.7 Å². The monoisotopic (exact) mass is 428 g/mol. The Morgan fingerprint density at radius 3 is 2.58 bits per heavy atom. The average Bonchev–Trinajstić information content (AvgIpc) is 2.99. The molecular formula is C21H24N4O6. The number of ether oxygens (including phenoxy) is 3. The second kappa shape index (κ2) is 9.43. The van der Waals surface area contributed by atoms with Gasteiger partial charge in [-0.2, -0.15) is 0 Å². The third-order valence-corrected chi connectivity index (χ3v) is 4.82. The average molecular weight is 428 g/mol. The summed E-state index contributed by atoms with van der Waals surface area (Å²) in [4.78, 5) is 43.0. The number of carbonyl (C=O) groups excluding carboxylic acids is 3. The molecule has 1 aliphatic rings. The van der Waals surface area contributed by atoms with E-state index in [4.69, 9.17) is 14.2 Å². The van der Waals surface area contributed by atoms with Crippen LogP contribution in [0.2, 0.25) is 0 Å². The van der Waals surface area contributed by atoms with E-state index in [1.165, 1.54) is 13.3 Å². The smallest absolute Gasteiger partial charge is 0.325 e. The summed E-state index contributed by atoms with van der Waals surface area (Å²) in [6, 6.07) is 9.38. The molecule has 4 amide bonds. The number of pyridine rings is 1. The lowest BCUT2D eigenvalue weighted by molar-refractivity contribution is -0.133. The van der Waals surface area contributed by atoms with Crippen LogP contribution >= 0.6 is 0 Å². The molecule has 2 N–H and O–H groups in total. The second-order valence-corrected chi connectivity index (χ2v) is 6.92. The molecule has 164 valence electrons. The summed E-state index contributed by atoms with van der Waals surface area (Å²) in [7, 11) is 3.08. The molecule has 1 aliphatic heterocycles. The van der Waals surface area contributed by atoms with Crippen molar-refractivity contribution in [3.63, 3.8) is 0 Å². The molecule has 1 aromatic heterocycles. The van der Waals surface area contributed by atoms with E-state index in [1.54, 1.807) is 50.4 Å². The first-order valence-electron chi connectivity index (χ1n) is 9.54. The lowest BCUT2D eigenvalue weighted by Crippen LogP contribution is -2.42. The number of aromatic nitrogens is 1. The van der Waals surface area contributed by atoms with Crippen LogP contribution in [-0.2, 0) is 19.9 Å². The molecule has 1 aromatic carbocycles. The Kier molecular flexibility index (Phi) is 6.71. The van der Waals surface area contributed by atoms with Crippen LogP contribution in [0.15, 0.2) is 42.6 Å². The summed E-state index contributed by atoms with van der Waals surface area (Å²) in [5.74, 6) is -0.249. The van der Waals surface area contributed by atoms with Gasteiger partial charge in [0.2, 0.25) is 11.8 Å². The zero-order chi connectivity index (χ0) is 22.4. The Hall–Kier alpha value is -3.66. The Morgan fingerprint density at radius 2 is 1.90 bits per heavy atom. The first-order valence-corrected chi connectivity index (χ1v) is 9.54. The molecular weight excluding hydrogens is 404 g/mol. The minimum Gasteiger partial charge on any atom is -0.497 e. The third kappa shape index (κ3) is 4.75. The molecule has 1 unspecified atom stereocenters. The van der Waals surface area contributed by atoms with Gasteiger partial charge in [-0.3, -0.25) is 14.5 Å². The van der Waals surface area contributed by atoms with Gasteiger partial charge in [-0.05, 0) is 36.8 Å². The second-order valence-electron chi connectivity index (χ2n) is 6.92.